The summed E-state index contributed by atoms with van der Waals surface area (Å²) in [5.41, 5.74) is 3.62. The molecule has 0 aliphatic carbocycles. The van der Waals surface area contributed by atoms with E-state index in [-0.39, 0.29) is 10.7 Å². The summed E-state index contributed by atoms with van der Waals surface area (Å²) in [4.78, 5) is 16.7. The van der Waals surface area contributed by atoms with Crippen LogP contribution < -0.4 is 9.46 Å². The summed E-state index contributed by atoms with van der Waals surface area (Å²) in [6.45, 7) is 0.745. The monoisotopic (exact) mass is 431 g/mol. The number of hydrogen-bond acceptors (Lipinski definition) is 7. The van der Waals surface area contributed by atoms with E-state index in [9.17, 15) is 8.42 Å². The van der Waals surface area contributed by atoms with Gasteiger partial charge in [0.2, 0.25) is 0 Å². The van der Waals surface area contributed by atoms with Gasteiger partial charge in [0.15, 0.2) is 0 Å². The third-order valence-corrected chi connectivity index (χ3v) is 6.32. The number of benzene rings is 2. The van der Waals surface area contributed by atoms with E-state index in [4.69, 9.17) is 4.74 Å². The molecule has 0 unspecified atom stereocenters. The molecule has 2 aromatic carbocycles. The summed E-state index contributed by atoms with van der Waals surface area (Å²) in [7, 11) is -2.19. The molecule has 8 nitrogen and oxygen atoms in total. The van der Waals surface area contributed by atoms with E-state index in [2.05, 4.69) is 24.7 Å². The fourth-order valence-corrected chi connectivity index (χ4v) is 4.42. The van der Waals surface area contributed by atoms with Crippen molar-refractivity contribution in [2.24, 2.45) is 4.99 Å². The van der Waals surface area contributed by atoms with Gasteiger partial charge in [0, 0.05) is 23.3 Å². The lowest BCUT2D eigenvalue weighted by molar-refractivity contribution is 0.416. The summed E-state index contributed by atoms with van der Waals surface area (Å²) in [6.07, 6.45) is 4.41. The maximum Gasteiger partial charge on any atom is 0.263 e. The van der Waals surface area contributed by atoms with Crippen LogP contribution in [0.15, 0.2) is 77.1 Å². The maximum absolute atomic E-state index is 12.8. The van der Waals surface area contributed by atoms with Crippen LogP contribution in [0.2, 0.25) is 0 Å². The van der Waals surface area contributed by atoms with Crippen LogP contribution in [0.5, 0.6) is 5.75 Å². The number of methoxy groups -OCH3 is 1. The molecule has 0 atom stereocenters. The van der Waals surface area contributed by atoms with Crippen molar-refractivity contribution in [3.8, 4) is 17.0 Å². The fraction of sp³-hybridized carbons (Fsp3) is 0.0909. The van der Waals surface area contributed by atoms with Gasteiger partial charge in [-0.1, -0.05) is 6.07 Å². The largest absolute Gasteiger partial charge is 0.496 e. The second-order valence-corrected chi connectivity index (χ2v) is 8.60. The predicted molar refractivity (Wildman–Crippen MR) is 118 cm³/mol. The zero-order valence-corrected chi connectivity index (χ0v) is 17.3. The number of sulfonamides is 1. The highest BCUT2D eigenvalue weighted by atomic mass is 32.2. The molecule has 0 fully saturated rings. The minimum Gasteiger partial charge on any atom is -0.496 e. The predicted octanol–water partition coefficient (Wildman–Crippen LogP) is 3.30. The first-order valence-electron chi connectivity index (χ1n) is 9.45. The Balaban J connectivity index is 1.59. The minimum absolute atomic E-state index is 0.129. The Morgan fingerprint density at radius 1 is 1.00 bits per heavy atom. The molecular formula is C22H17N5O3S. The van der Waals surface area contributed by atoms with Gasteiger partial charge in [-0.25, -0.2) is 18.4 Å². The average molecular weight is 431 g/mol. The second-order valence-electron chi connectivity index (χ2n) is 6.92. The Morgan fingerprint density at radius 2 is 1.87 bits per heavy atom. The van der Waals surface area contributed by atoms with E-state index in [1.54, 1.807) is 37.6 Å². The summed E-state index contributed by atoms with van der Waals surface area (Å²) in [6, 6.07) is 14.1. The van der Waals surface area contributed by atoms with Gasteiger partial charge in [-0.3, -0.25) is 14.7 Å². The molecule has 0 radical (unpaired) electrons. The molecule has 2 aromatic heterocycles. The summed E-state index contributed by atoms with van der Waals surface area (Å²) in [5, 5.41) is 1.56. The van der Waals surface area contributed by atoms with Crippen molar-refractivity contribution in [2.45, 2.75) is 4.90 Å². The molecular weight excluding hydrogens is 414 g/mol. The maximum atomic E-state index is 12.8. The number of fused-ring (bicyclic) bond motifs is 1. The quantitative estimate of drug-likeness (QED) is 0.502. The Kier molecular flexibility index (Phi) is 4.59. The third-order valence-electron chi connectivity index (χ3n) is 4.97. The van der Waals surface area contributed by atoms with Gasteiger partial charge < -0.3 is 4.74 Å². The van der Waals surface area contributed by atoms with Gasteiger partial charge in [0.05, 0.1) is 30.0 Å². The van der Waals surface area contributed by atoms with Gasteiger partial charge in [0.25, 0.3) is 10.0 Å². The molecule has 0 spiro atoms. The first kappa shape index (κ1) is 19.1. The molecule has 0 bridgehead atoms. The lowest BCUT2D eigenvalue weighted by Crippen LogP contribution is -2.13. The van der Waals surface area contributed by atoms with E-state index in [1.165, 1.54) is 18.6 Å². The van der Waals surface area contributed by atoms with Crippen molar-refractivity contribution in [1.82, 2.24) is 15.0 Å². The van der Waals surface area contributed by atoms with Crippen LogP contribution in [0.25, 0.3) is 22.0 Å². The number of aliphatic imine (C=N–C) groups is 1. The van der Waals surface area contributed by atoms with E-state index >= 15 is 0 Å². The lowest BCUT2D eigenvalue weighted by Gasteiger charge is -2.13. The van der Waals surface area contributed by atoms with Crippen LogP contribution in [0.3, 0.4) is 0 Å². The molecule has 4 aromatic rings. The van der Waals surface area contributed by atoms with E-state index in [0.29, 0.717) is 11.4 Å². The number of rotatable bonds is 6. The summed E-state index contributed by atoms with van der Waals surface area (Å²) >= 11 is 0. The Hall–Kier alpha value is -3.85. The highest BCUT2D eigenvalue weighted by Crippen LogP contribution is 2.35. The van der Waals surface area contributed by atoms with Gasteiger partial charge in [0.1, 0.15) is 17.9 Å². The molecule has 31 heavy (non-hydrogen) atoms. The Morgan fingerprint density at radius 3 is 2.61 bits per heavy atom. The SMILES string of the molecule is COc1ccc(C2=NC2)cc1-c1nccc2cc(S(=O)(=O)Nc3ccncn3)ccc12. The van der Waals surface area contributed by atoms with Crippen LogP contribution in [-0.2, 0) is 10.0 Å². The van der Waals surface area contributed by atoms with Crippen LogP contribution >= 0.6 is 0 Å². The molecule has 1 aliphatic rings. The number of aromatic nitrogens is 3. The number of pyridine rings is 1. The fourth-order valence-electron chi connectivity index (χ4n) is 3.38. The number of nitrogens with one attached hydrogen (secondary N) is 1. The normalized spacial score (nSPS) is 13.0. The van der Waals surface area contributed by atoms with Crippen LogP contribution in [0.1, 0.15) is 5.56 Å². The number of hydrogen-bond donors (Lipinski definition) is 1. The summed E-state index contributed by atoms with van der Waals surface area (Å²) < 4.78 is 33.6. The molecule has 1 N–H and O–H groups in total. The van der Waals surface area contributed by atoms with E-state index in [1.807, 2.05) is 18.2 Å². The first-order chi connectivity index (χ1) is 15.0. The molecule has 1 aliphatic heterocycles. The Labute approximate surface area is 178 Å². The first-order valence-corrected chi connectivity index (χ1v) is 10.9. The van der Waals surface area contributed by atoms with E-state index in [0.717, 1.165) is 34.2 Å². The second kappa shape index (κ2) is 7.44. The third kappa shape index (κ3) is 3.71. The van der Waals surface area contributed by atoms with Crippen molar-refractivity contribution in [3.05, 3.63) is 72.8 Å². The zero-order valence-electron chi connectivity index (χ0n) is 16.5. The number of anilines is 1. The highest BCUT2D eigenvalue weighted by molar-refractivity contribution is 7.92. The van der Waals surface area contributed by atoms with Crippen molar-refractivity contribution >= 4 is 32.3 Å². The molecule has 3 heterocycles. The van der Waals surface area contributed by atoms with Crippen LogP contribution in [0, 0.1) is 0 Å². The molecule has 0 saturated heterocycles. The molecule has 154 valence electrons. The van der Waals surface area contributed by atoms with E-state index < -0.39 is 10.0 Å². The lowest BCUT2D eigenvalue weighted by atomic mass is 10.0. The van der Waals surface area contributed by atoms with Crippen LogP contribution in [-0.4, -0.2) is 42.7 Å². The number of nitrogens with zero attached hydrogens (tertiary/aromatic N) is 4. The molecule has 5 rings (SSSR count). The minimum atomic E-state index is -3.81. The van der Waals surface area contributed by atoms with Crippen LogP contribution in [0.4, 0.5) is 5.82 Å². The zero-order chi connectivity index (χ0) is 21.4. The van der Waals surface area contributed by atoms with Crippen molar-refractivity contribution in [2.75, 3.05) is 18.4 Å². The van der Waals surface area contributed by atoms with Crippen molar-refractivity contribution < 1.29 is 13.2 Å². The van der Waals surface area contributed by atoms with Crippen molar-refractivity contribution in [1.29, 1.82) is 0 Å². The average Bonchev–Trinajstić information content (AvgIpc) is 3.64. The van der Waals surface area contributed by atoms with Gasteiger partial charge in [-0.15, -0.1) is 0 Å². The molecule has 0 saturated carbocycles. The Bertz CT molecular complexity index is 1440. The van der Waals surface area contributed by atoms with Gasteiger partial charge >= 0.3 is 0 Å². The van der Waals surface area contributed by atoms with Gasteiger partial charge in [-0.05, 0) is 53.4 Å². The smallest absolute Gasteiger partial charge is 0.263 e. The number of ether oxygens (including phenoxy) is 1. The standard InChI is InChI=1S/C22H17N5O3S/c1-30-20-5-2-15(19-12-25-19)11-18(20)22-17-4-3-16(10-14(17)6-9-24-22)31(28,29)27-21-7-8-23-13-26-21/h2-11,13H,12H2,1H3,(H,23,26,27). The summed E-state index contributed by atoms with van der Waals surface area (Å²) in [5.74, 6) is 0.891. The molecule has 0 amide bonds. The topological polar surface area (TPSA) is 106 Å². The van der Waals surface area contributed by atoms with Gasteiger partial charge in [-0.2, -0.15) is 0 Å². The highest BCUT2D eigenvalue weighted by Gasteiger charge is 2.19. The van der Waals surface area contributed by atoms with Crippen molar-refractivity contribution in [3.63, 3.8) is 0 Å². The molecule has 9 heteroatoms.